The molecule has 1 N–H and O–H groups in total. The Morgan fingerprint density at radius 3 is 2.70 bits per heavy atom. The van der Waals surface area contributed by atoms with Crippen LogP contribution in [0, 0.1) is 5.41 Å². The molecule has 1 aromatic carbocycles. The van der Waals surface area contributed by atoms with Gasteiger partial charge in [-0.1, -0.05) is 30.9 Å². The minimum atomic E-state index is -0.0640. The summed E-state index contributed by atoms with van der Waals surface area (Å²) in [7, 11) is 0. The van der Waals surface area contributed by atoms with E-state index >= 15 is 0 Å². The fourth-order valence-corrected chi connectivity index (χ4v) is 6.09. The van der Waals surface area contributed by atoms with Gasteiger partial charge in [0.05, 0.1) is 17.5 Å². The molecule has 7 heteroatoms. The van der Waals surface area contributed by atoms with Crippen molar-refractivity contribution in [2.75, 3.05) is 11.5 Å². The number of nitrogens with one attached hydrogen (secondary N) is 1. The molecule has 2 saturated carbocycles. The first-order chi connectivity index (χ1) is 14.5. The summed E-state index contributed by atoms with van der Waals surface area (Å²) in [4.78, 5) is 18.7. The zero-order valence-electron chi connectivity index (χ0n) is 17.7. The van der Waals surface area contributed by atoms with E-state index in [-0.39, 0.29) is 5.91 Å². The minimum absolute atomic E-state index is 0.0640. The molecule has 0 radical (unpaired) electrons. The third-order valence-electron chi connectivity index (χ3n) is 6.60. The maximum atomic E-state index is 12.3. The molecule has 4 rings (SSSR count). The van der Waals surface area contributed by atoms with Crippen molar-refractivity contribution in [2.45, 2.75) is 71.1 Å². The van der Waals surface area contributed by atoms with Gasteiger partial charge in [-0.2, -0.15) is 0 Å². The normalized spacial score (nSPS) is 22.6. The number of carbonyl (C=O) groups is 1. The SMILES string of the molecule is CCO[C@H]1C[C@H](NCc2csc(N(C(C)=O)c3ccc(Cl)cc3)n2)C12CCCCC2. The number of halogens is 1. The summed E-state index contributed by atoms with van der Waals surface area (Å²) in [5.74, 6) is -0.0640. The van der Waals surface area contributed by atoms with Crippen LogP contribution >= 0.6 is 22.9 Å². The second-order valence-corrected chi connectivity index (χ2v) is 9.63. The number of rotatable bonds is 7. The van der Waals surface area contributed by atoms with Crippen LogP contribution in [-0.4, -0.2) is 29.6 Å². The molecule has 5 nitrogen and oxygen atoms in total. The van der Waals surface area contributed by atoms with Crippen LogP contribution in [0.5, 0.6) is 0 Å². The first-order valence-electron chi connectivity index (χ1n) is 10.9. The summed E-state index contributed by atoms with van der Waals surface area (Å²) in [6, 6.07) is 7.76. The lowest BCUT2D eigenvalue weighted by atomic mass is 9.55. The molecule has 2 aliphatic rings. The van der Waals surface area contributed by atoms with E-state index in [2.05, 4.69) is 12.2 Å². The van der Waals surface area contributed by atoms with Crippen molar-refractivity contribution in [1.29, 1.82) is 0 Å². The van der Waals surface area contributed by atoms with Crippen LogP contribution in [0.1, 0.15) is 58.1 Å². The Morgan fingerprint density at radius 2 is 2.03 bits per heavy atom. The van der Waals surface area contributed by atoms with E-state index in [1.807, 2.05) is 17.5 Å². The van der Waals surface area contributed by atoms with Crippen molar-refractivity contribution in [1.82, 2.24) is 10.3 Å². The van der Waals surface area contributed by atoms with Gasteiger partial charge in [0.25, 0.3) is 0 Å². The third-order valence-corrected chi connectivity index (χ3v) is 7.72. The highest BCUT2D eigenvalue weighted by molar-refractivity contribution is 7.14. The molecular weight excluding hydrogens is 418 g/mol. The van der Waals surface area contributed by atoms with E-state index in [1.165, 1.54) is 43.4 Å². The molecule has 1 heterocycles. The molecule has 2 atom stereocenters. The van der Waals surface area contributed by atoms with E-state index in [9.17, 15) is 4.79 Å². The lowest BCUT2D eigenvalue weighted by molar-refractivity contribution is -0.150. The van der Waals surface area contributed by atoms with Crippen LogP contribution in [0.3, 0.4) is 0 Å². The van der Waals surface area contributed by atoms with Crippen molar-refractivity contribution in [3.05, 3.63) is 40.4 Å². The second kappa shape index (κ2) is 9.35. The van der Waals surface area contributed by atoms with Gasteiger partial charge < -0.3 is 10.1 Å². The maximum Gasteiger partial charge on any atom is 0.230 e. The van der Waals surface area contributed by atoms with Crippen LogP contribution in [0.25, 0.3) is 0 Å². The van der Waals surface area contributed by atoms with Gasteiger partial charge >= 0.3 is 0 Å². The van der Waals surface area contributed by atoms with Crippen LogP contribution < -0.4 is 10.2 Å². The maximum absolute atomic E-state index is 12.3. The number of thiazole rings is 1. The number of nitrogens with zero attached hydrogens (tertiary/aromatic N) is 2. The molecule has 30 heavy (non-hydrogen) atoms. The predicted octanol–water partition coefficient (Wildman–Crippen LogP) is 5.70. The van der Waals surface area contributed by atoms with Crippen LogP contribution in [0.15, 0.2) is 29.6 Å². The number of hydrogen-bond acceptors (Lipinski definition) is 5. The monoisotopic (exact) mass is 447 g/mol. The van der Waals surface area contributed by atoms with Gasteiger partial charge in [0.2, 0.25) is 5.91 Å². The van der Waals surface area contributed by atoms with Crippen molar-refractivity contribution in [3.8, 4) is 0 Å². The smallest absolute Gasteiger partial charge is 0.230 e. The van der Waals surface area contributed by atoms with Crippen LogP contribution in [0.4, 0.5) is 10.8 Å². The number of anilines is 2. The highest BCUT2D eigenvalue weighted by Crippen LogP contribution is 2.53. The van der Waals surface area contributed by atoms with Crippen LogP contribution in [-0.2, 0) is 16.1 Å². The quantitative estimate of drug-likeness (QED) is 0.591. The van der Waals surface area contributed by atoms with Gasteiger partial charge in [-0.05, 0) is 50.5 Å². The zero-order valence-corrected chi connectivity index (χ0v) is 19.3. The molecule has 0 aliphatic heterocycles. The van der Waals surface area contributed by atoms with Gasteiger partial charge in [0.1, 0.15) is 0 Å². The molecular formula is C23H30ClN3O2S. The van der Waals surface area contributed by atoms with Gasteiger partial charge in [0, 0.05) is 41.9 Å². The summed E-state index contributed by atoms with van der Waals surface area (Å²) in [5.41, 5.74) is 2.04. The Hall–Kier alpha value is -1.47. The molecule has 1 aromatic heterocycles. The molecule has 0 bridgehead atoms. The Labute approximate surface area is 187 Å². The van der Waals surface area contributed by atoms with Crippen LogP contribution in [0.2, 0.25) is 5.02 Å². The minimum Gasteiger partial charge on any atom is -0.378 e. The van der Waals surface area contributed by atoms with E-state index < -0.39 is 0 Å². The third kappa shape index (κ3) is 4.28. The molecule has 162 valence electrons. The van der Waals surface area contributed by atoms with Gasteiger partial charge in [-0.25, -0.2) is 4.98 Å². The lowest BCUT2D eigenvalue weighted by Gasteiger charge is -2.58. The van der Waals surface area contributed by atoms with E-state index in [4.69, 9.17) is 21.3 Å². The molecule has 0 saturated heterocycles. The fraction of sp³-hybridized carbons (Fsp3) is 0.565. The number of aromatic nitrogens is 1. The number of hydrogen-bond donors (Lipinski definition) is 1. The Bertz CT molecular complexity index is 864. The molecule has 0 unspecified atom stereocenters. The van der Waals surface area contributed by atoms with Crippen molar-refractivity contribution >= 4 is 39.7 Å². The average Bonchev–Trinajstić information content (AvgIpc) is 3.20. The summed E-state index contributed by atoms with van der Waals surface area (Å²) >= 11 is 7.49. The average molecular weight is 448 g/mol. The zero-order chi connectivity index (χ0) is 21.1. The van der Waals surface area contributed by atoms with Gasteiger partial charge in [-0.3, -0.25) is 9.69 Å². The molecule has 2 aliphatic carbocycles. The van der Waals surface area contributed by atoms with E-state index in [0.717, 1.165) is 24.4 Å². The predicted molar refractivity (Wildman–Crippen MR) is 123 cm³/mol. The first-order valence-corrected chi connectivity index (χ1v) is 12.1. The first kappa shape index (κ1) is 21.8. The standard InChI is InChI=1S/C23H30ClN3O2S/c1-3-29-21-13-20(23(21)11-5-4-6-12-23)25-14-18-15-30-22(26-18)27(16(2)28)19-9-7-17(24)8-10-19/h7-10,15,20-21,25H,3-6,11-14H2,1-2H3/t20-,21-/m0/s1. The summed E-state index contributed by atoms with van der Waals surface area (Å²) in [6.07, 6.45) is 7.93. The second-order valence-electron chi connectivity index (χ2n) is 8.36. The number of carbonyl (C=O) groups excluding carboxylic acids is 1. The number of benzene rings is 1. The summed E-state index contributed by atoms with van der Waals surface area (Å²) in [5, 5.41) is 7.14. The number of ether oxygens (including phenoxy) is 1. The Balaban J connectivity index is 1.43. The Morgan fingerprint density at radius 1 is 1.30 bits per heavy atom. The van der Waals surface area contributed by atoms with Crippen molar-refractivity contribution in [2.24, 2.45) is 5.41 Å². The van der Waals surface area contributed by atoms with Crippen molar-refractivity contribution < 1.29 is 9.53 Å². The van der Waals surface area contributed by atoms with Crippen molar-refractivity contribution in [3.63, 3.8) is 0 Å². The highest BCUT2D eigenvalue weighted by atomic mass is 35.5. The Kier molecular flexibility index (Phi) is 6.78. The lowest BCUT2D eigenvalue weighted by Crippen LogP contribution is -2.64. The summed E-state index contributed by atoms with van der Waals surface area (Å²) < 4.78 is 6.07. The molecule has 1 spiro atoms. The van der Waals surface area contributed by atoms with Gasteiger partial charge in [-0.15, -0.1) is 11.3 Å². The van der Waals surface area contributed by atoms with E-state index in [0.29, 0.717) is 34.3 Å². The van der Waals surface area contributed by atoms with Gasteiger partial charge in [0.15, 0.2) is 5.13 Å². The highest BCUT2D eigenvalue weighted by Gasteiger charge is 2.55. The molecule has 2 aromatic rings. The summed E-state index contributed by atoms with van der Waals surface area (Å²) in [6.45, 7) is 5.16. The molecule has 1 amide bonds. The van der Waals surface area contributed by atoms with E-state index in [1.54, 1.807) is 24.0 Å². The topological polar surface area (TPSA) is 54.5 Å². The largest absolute Gasteiger partial charge is 0.378 e. The molecule has 2 fully saturated rings. The fourth-order valence-electron chi connectivity index (χ4n) is 5.07. The number of amides is 1.